The molecule has 0 atom stereocenters. The maximum absolute atomic E-state index is 5.54. The van der Waals surface area contributed by atoms with Gasteiger partial charge in [0.05, 0.1) is 0 Å². The van der Waals surface area contributed by atoms with Crippen LogP contribution in [-0.2, 0) is 6.54 Å². The van der Waals surface area contributed by atoms with Crippen LogP contribution >= 0.6 is 15.9 Å². The van der Waals surface area contributed by atoms with Crippen LogP contribution in [0.5, 0.6) is 5.75 Å². The van der Waals surface area contributed by atoms with Crippen molar-refractivity contribution >= 4 is 21.6 Å². The molecule has 0 aliphatic carbocycles. The van der Waals surface area contributed by atoms with Crippen LogP contribution in [0.1, 0.15) is 11.1 Å². The van der Waals surface area contributed by atoms with Gasteiger partial charge in [-0.15, -0.1) is 6.42 Å². The summed E-state index contributed by atoms with van der Waals surface area (Å²) in [4.78, 5) is 0. The molecule has 0 radical (unpaired) electrons. The van der Waals surface area contributed by atoms with E-state index in [0.29, 0.717) is 6.54 Å². The van der Waals surface area contributed by atoms with Crippen molar-refractivity contribution in [2.45, 2.75) is 13.5 Å². The Bertz CT molecular complexity index is 631. The van der Waals surface area contributed by atoms with E-state index in [-0.39, 0.29) is 6.61 Å². The summed E-state index contributed by atoms with van der Waals surface area (Å²) >= 11 is 3.48. The first-order valence-corrected chi connectivity index (χ1v) is 7.14. The van der Waals surface area contributed by atoms with E-state index in [1.54, 1.807) is 0 Å². The third-order valence-electron chi connectivity index (χ3n) is 2.95. The first-order chi connectivity index (χ1) is 9.70. The van der Waals surface area contributed by atoms with Crippen LogP contribution in [-0.4, -0.2) is 6.61 Å². The second-order valence-corrected chi connectivity index (χ2v) is 5.33. The highest BCUT2D eigenvalue weighted by Crippen LogP contribution is 2.23. The largest absolute Gasteiger partial charge is 0.481 e. The zero-order chi connectivity index (χ0) is 14.4. The number of ether oxygens (including phenoxy) is 1. The Morgan fingerprint density at radius 2 is 2.05 bits per heavy atom. The van der Waals surface area contributed by atoms with Crippen molar-refractivity contribution in [1.29, 1.82) is 0 Å². The molecule has 2 aromatic carbocycles. The first kappa shape index (κ1) is 14.5. The topological polar surface area (TPSA) is 21.3 Å². The molecule has 2 aromatic rings. The number of para-hydroxylation sites is 1. The van der Waals surface area contributed by atoms with Crippen molar-refractivity contribution in [2.24, 2.45) is 0 Å². The smallest absolute Gasteiger partial charge is 0.148 e. The lowest BCUT2D eigenvalue weighted by molar-refractivity contribution is 0.366. The van der Waals surface area contributed by atoms with Gasteiger partial charge in [-0.3, -0.25) is 0 Å². The van der Waals surface area contributed by atoms with Gasteiger partial charge >= 0.3 is 0 Å². The van der Waals surface area contributed by atoms with E-state index >= 15 is 0 Å². The first-order valence-electron chi connectivity index (χ1n) is 6.35. The van der Waals surface area contributed by atoms with E-state index in [1.807, 2.05) is 30.3 Å². The van der Waals surface area contributed by atoms with Crippen molar-refractivity contribution in [2.75, 3.05) is 11.9 Å². The molecule has 0 heterocycles. The lowest BCUT2D eigenvalue weighted by Crippen LogP contribution is -2.04. The van der Waals surface area contributed by atoms with Gasteiger partial charge in [-0.1, -0.05) is 46.1 Å². The van der Waals surface area contributed by atoms with E-state index < -0.39 is 0 Å². The molecule has 1 N–H and O–H groups in total. The lowest BCUT2D eigenvalue weighted by Gasteiger charge is -2.13. The van der Waals surface area contributed by atoms with Gasteiger partial charge in [-0.05, 0) is 30.7 Å². The number of nitrogens with one attached hydrogen (secondary N) is 1. The Kier molecular flexibility index (Phi) is 5.09. The van der Waals surface area contributed by atoms with Crippen molar-refractivity contribution < 1.29 is 4.74 Å². The van der Waals surface area contributed by atoms with Gasteiger partial charge in [0, 0.05) is 22.3 Å². The Balaban J connectivity index is 2.11. The van der Waals surface area contributed by atoms with Crippen molar-refractivity contribution in [3.63, 3.8) is 0 Å². The number of terminal acetylenes is 1. The van der Waals surface area contributed by atoms with Crippen LogP contribution in [0.4, 0.5) is 5.69 Å². The van der Waals surface area contributed by atoms with Crippen LogP contribution in [0.2, 0.25) is 0 Å². The maximum atomic E-state index is 5.54. The highest BCUT2D eigenvalue weighted by atomic mass is 79.9. The highest BCUT2D eigenvalue weighted by Gasteiger charge is 2.04. The normalized spacial score (nSPS) is 9.85. The lowest BCUT2D eigenvalue weighted by atomic mass is 10.1. The minimum Gasteiger partial charge on any atom is -0.481 e. The summed E-state index contributed by atoms with van der Waals surface area (Å²) < 4.78 is 6.60. The minimum absolute atomic E-state index is 0.285. The van der Waals surface area contributed by atoms with Crippen LogP contribution in [0, 0.1) is 19.3 Å². The van der Waals surface area contributed by atoms with Gasteiger partial charge < -0.3 is 10.1 Å². The van der Waals surface area contributed by atoms with Gasteiger partial charge in [-0.25, -0.2) is 0 Å². The summed E-state index contributed by atoms with van der Waals surface area (Å²) in [5.74, 6) is 3.31. The van der Waals surface area contributed by atoms with E-state index in [9.17, 15) is 0 Å². The fraction of sp³-hybridized carbons (Fsp3) is 0.176. The third-order valence-corrected chi connectivity index (χ3v) is 3.45. The Morgan fingerprint density at radius 1 is 1.25 bits per heavy atom. The summed E-state index contributed by atoms with van der Waals surface area (Å²) in [5.41, 5.74) is 3.39. The predicted octanol–water partition coefficient (Wildman–Crippen LogP) is 4.38. The molecule has 0 unspecified atom stereocenters. The molecule has 0 fully saturated rings. The van der Waals surface area contributed by atoms with Crippen LogP contribution in [0.3, 0.4) is 0 Å². The van der Waals surface area contributed by atoms with Gasteiger partial charge in [0.25, 0.3) is 0 Å². The van der Waals surface area contributed by atoms with Gasteiger partial charge in [0.2, 0.25) is 0 Å². The summed E-state index contributed by atoms with van der Waals surface area (Å²) in [6.45, 7) is 3.06. The summed E-state index contributed by atoms with van der Waals surface area (Å²) in [7, 11) is 0. The SMILES string of the molecule is C#CCOc1ccccc1CNc1cc(Br)ccc1C. The molecule has 2 nitrogen and oxygen atoms in total. The molecule has 0 amide bonds. The molecule has 2 rings (SSSR count). The van der Waals surface area contributed by atoms with Crippen molar-refractivity contribution in [1.82, 2.24) is 0 Å². The van der Waals surface area contributed by atoms with E-state index in [1.165, 1.54) is 5.56 Å². The molecule has 0 spiro atoms. The van der Waals surface area contributed by atoms with Crippen LogP contribution in [0.25, 0.3) is 0 Å². The summed E-state index contributed by atoms with van der Waals surface area (Å²) in [6, 6.07) is 14.1. The number of hydrogen-bond acceptors (Lipinski definition) is 2. The Morgan fingerprint density at radius 3 is 2.85 bits per heavy atom. The van der Waals surface area contributed by atoms with Gasteiger partial charge in [0.1, 0.15) is 12.4 Å². The van der Waals surface area contributed by atoms with Gasteiger partial charge in [-0.2, -0.15) is 0 Å². The number of anilines is 1. The van der Waals surface area contributed by atoms with Gasteiger partial charge in [0.15, 0.2) is 0 Å². The fourth-order valence-electron chi connectivity index (χ4n) is 1.89. The number of rotatable bonds is 5. The van der Waals surface area contributed by atoms with Crippen molar-refractivity contribution in [3.8, 4) is 18.1 Å². The predicted molar refractivity (Wildman–Crippen MR) is 87.0 cm³/mol. The molecule has 0 aliphatic heterocycles. The minimum atomic E-state index is 0.285. The molecule has 20 heavy (non-hydrogen) atoms. The highest BCUT2D eigenvalue weighted by molar-refractivity contribution is 9.10. The second kappa shape index (κ2) is 7.02. The zero-order valence-corrected chi connectivity index (χ0v) is 12.9. The van der Waals surface area contributed by atoms with Crippen LogP contribution in [0.15, 0.2) is 46.9 Å². The number of halogens is 1. The average molecular weight is 330 g/mol. The average Bonchev–Trinajstić information content (AvgIpc) is 2.47. The zero-order valence-electron chi connectivity index (χ0n) is 11.3. The van der Waals surface area contributed by atoms with E-state index in [0.717, 1.165) is 21.5 Å². The maximum Gasteiger partial charge on any atom is 0.148 e. The summed E-state index contributed by atoms with van der Waals surface area (Å²) in [6.07, 6.45) is 5.23. The molecule has 0 bridgehead atoms. The fourth-order valence-corrected chi connectivity index (χ4v) is 2.25. The molecule has 102 valence electrons. The third kappa shape index (κ3) is 3.79. The van der Waals surface area contributed by atoms with Crippen LogP contribution < -0.4 is 10.1 Å². The number of hydrogen-bond donors (Lipinski definition) is 1. The molecule has 0 aliphatic rings. The van der Waals surface area contributed by atoms with Crippen molar-refractivity contribution in [3.05, 3.63) is 58.1 Å². The molecule has 0 saturated carbocycles. The molecule has 0 aromatic heterocycles. The van der Waals surface area contributed by atoms with E-state index in [2.05, 4.69) is 46.2 Å². The monoisotopic (exact) mass is 329 g/mol. The molecular weight excluding hydrogens is 314 g/mol. The molecule has 3 heteroatoms. The standard InChI is InChI=1S/C17H16BrNO/c1-3-10-20-17-7-5-4-6-14(17)12-19-16-11-15(18)9-8-13(16)2/h1,4-9,11,19H,10,12H2,2H3. The number of benzene rings is 2. The summed E-state index contributed by atoms with van der Waals surface area (Å²) in [5, 5.41) is 3.43. The molecule has 0 saturated heterocycles. The quantitative estimate of drug-likeness (QED) is 0.822. The van der Waals surface area contributed by atoms with E-state index in [4.69, 9.17) is 11.2 Å². The Labute approximate surface area is 128 Å². The molecular formula is C17H16BrNO. The number of aryl methyl sites for hydroxylation is 1. The second-order valence-electron chi connectivity index (χ2n) is 4.41. The Hall–Kier alpha value is -1.92.